The van der Waals surface area contributed by atoms with Gasteiger partial charge in [0.25, 0.3) is 0 Å². The van der Waals surface area contributed by atoms with E-state index in [1.165, 1.54) is 0 Å². The molecule has 0 atom stereocenters. The zero-order valence-corrected chi connectivity index (χ0v) is 6.20. The van der Waals surface area contributed by atoms with Crippen LogP contribution in [0.1, 0.15) is 1.43 Å². The van der Waals surface area contributed by atoms with Crippen molar-refractivity contribution in [3.63, 3.8) is 0 Å². The summed E-state index contributed by atoms with van der Waals surface area (Å²) < 4.78 is 1.00. The molecule has 0 bridgehead atoms. The van der Waals surface area contributed by atoms with E-state index < -0.39 is 0 Å². The van der Waals surface area contributed by atoms with Crippen LogP contribution in [0.4, 0.5) is 0 Å². The molecule has 3 heteroatoms. The van der Waals surface area contributed by atoms with E-state index in [4.69, 9.17) is 5.21 Å². The first-order valence-corrected chi connectivity index (χ1v) is 1.72. The van der Waals surface area contributed by atoms with Crippen molar-refractivity contribution in [3.05, 3.63) is 24.5 Å². The van der Waals surface area contributed by atoms with Gasteiger partial charge < -0.3 is 6.63 Å². The zero-order valence-electron chi connectivity index (χ0n) is 5.20. The van der Waals surface area contributed by atoms with Crippen LogP contribution in [0.15, 0.2) is 24.5 Å². The second-order valence-corrected chi connectivity index (χ2v) is 1.06. The fourth-order valence-electron chi connectivity index (χ4n) is 0.325. The van der Waals surface area contributed by atoms with Gasteiger partial charge in [0.05, 0.1) is 0 Å². The average molecular weight is 107 g/mol. The van der Waals surface area contributed by atoms with Crippen molar-refractivity contribution in [2.75, 3.05) is 0 Å². The van der Waals surface area contributed by atoms with Crippen LogP contribution in [0, 0.1) is 0 Å². The van der Waals surface area contributed by atoms with Gasteiger partial charge in [-0.15, -0.1) is 0 Å². The summed E-state index contributed by atoms with van der Waals surface area (Å²) in [6, 6.07) is 3.50. The number of nitrogens with zero attached hydrogens (tertiary/aromatic N) is 1. The number of hydrogen-bond acceptors (Lipinski definition) is 1. The maximum atomic E-state index is 8.39. The summed E-state index contributed by atoms with van der Waals surface area (Å²) in [5.41, 5.74) is 0. The van der Waals surface area contributed by atoms with Crippen LogP contribution in [0.25, 0.3) is 0 Å². The van der Waals surface area contributed by atoms with Crippen LogP contribution in [0.5, 0.6) is 0 Å². The Morgan fingerprint density at radius 2 is 1.71 bits per heavy atom. The van der Waals surface area contributed by atoms with Crippen LogP contribution >= 0.6 is 0 Å². The van der Waals surface area contributed by atoms with Crippen LogP contribution in [-0.4, -0.2) is 9.94 Å². The summed E-state index contributed by atoms with van der Waals surface area (Å²) in [7, 11) is 0. The van der Waals surface area contributed by atoms with Gasteiger partial charge in [-0.25, -0.2) is 4.73 Å². The first kappa shape index (κ1) is 7.08. The number of aromatic nitrogens is 1. The van der Waals surface area contributed by atoms with E-state index in [9.17, 15) is 0 Å². The number of hydrogen-bond donors (Lipinski definition) is 1. The molecule has 0 unspecified atom stereocenters. The fourth-order valence-corrected chi connectivity index (χ4v) is 0.325. The molecular formula is C4H6NNaO. The van der Waals surface area contributed by atoms with E-state index in [1.54, 1.807) is 24.5 Å². The Labute approximate surface area is 65.5 Å². The van der Waals surface area contributed by atoms with E-state index >= 15 is 0 Å². The average Bonchev–Trinajstić information content (AvgIpc) is 1.86. The summed E-state index contributed by atoms with van der Waals surface area (Å²) in [4.78, 5) is 0. The fraction of sp³-hybridized carbons (Fsp3) is 0. The summed E-state index contributed by atoms with van der Waals surface area (Å²) in [5, 5.41) is 8.39. The third-order valence-electron chi connectivity index (χ3n) is 0.589. The van der Waals surface area contributed by atoms with Crippen molar-refractivity contribution in [2.45, 2.75) is 0 Å². The van der Waals surface area contributed by atoms with Gasteiger partial charge in [-0.3, -0.25) is 0 Å². The third-order valence-corrected chi connectivity index (χ3v) is 0.589. The molecule has 2 nitrogen and oxygen atoms in total. The molecule has 1 aromatic rings. The Bertz CT molecular complexity index is 120. The molecule has 0 aliphatic carbocycles. The van der Waals surface area contributed by atoms with Gasteiger partial charge in [-0.2, -0.15) is 0 Å². The van der Waals surface area contributed by atoms with Gasteiger partial charge in [-0.1, -0.05) is 0 Å². The molecule has 0 aliphatic rings. The first-order valence-electron chi connectivity index (χ1n) is 1.72. The number of rotatable bonds is 0. The normalized spacial score (nSPS) is 7.43. The largest absolute Gasteiger partial charge is 1.00 e. The molecule has 1 rings (SSSR count). The molecule has 34 valence electrons. The Kier molecular flexibility index (Phi) is 3.17. The van der Waals surface area contributed by atoms with E-state index in [0.29, 0.717) is 0 Å². The van der Waals surface area contributed by atoms with E-state index in [1.807, 2.05) is 0 Å². The van der Waals surface area contributed by atoms with Crippen molar-refractivity contribution in [3.8, 4) is 0 Å². The summed E-state index contributed by atoms with van der Waals surface area (Å²) >= 11 is 0. The summed E-state index contributed by atoms with van der Waals surface area (Å²) in [6.45, 7) is 0. The molecule has 1 aromatic heterocycles. The standard InChI is InChI=1S/C4H5NO.Na.H/c6-5-3-1-2-4-5;;/h1-4,6H;;/q;+1;-1. The molecule has 1 N–H and O–H groups in total. The Morgan fingerprint density at radius 3 is 1.86 bits per heavy atom. The predicted molar refractivity (Wildman–Crippen MR) is 22.7 cm³/mol. The Balaban J connectivity index is 0. The van der Waals surface area contributed by atoms with Gasteiger partial charge in [-0.05, 0) is 12.1 Å². The maximum absolute atomic E-state index is 8.39. The Hall–Kier alpha value is 0.0800. The van der Waals surface area contributed by atoms with Crippen LogP contribution < -0.4 is 29.6 Å². The van der Waals surface area contributed by atoms with Gasteiger partial charge in [0.1, 0.15) is 0 Å². The minimum atomic E-state index is 0. The predicted octanol–water partition coefficient (Wildman–Crippen LogP) is -2.16. The minimum absolute atomic E-state index is 0. The zero-order chi connectivity index (χ0) is 4.41. The van der Waals surface area contributed by atoms with E-state index in [0.717, 1.165) is 4.73 Å². The minimum Gasteiger partial charge on any atom is -1.00 e. The summed E-state index contributed by atoms with van der Waals surface area (Å²) in [5.74, 6) is 0. The molecule has 1 heterocycles. The molecule has 0 fully saturated rings. The molecular weight excluding hydrogens is 101 g/mol. The second kappa shape index (κ2) is 3.13. The van der Waals surface area contributed by atoms with E-state index in [-0.39, 0.29) is 31.0 Å². The third kappa shape index (κ3) is 2.02. The van der Waals surface area contributed by atoms with Crippen molar-refractivity contribution < 1.29 is 36.2 Å². The van der Waals surface area contributed by atoms with Crippen molar-refractivity contribution >= 4 is 0 Å². The quantitative estimate of drug-likeness (QED) is 0.296. The van der Waals surface area contributed by atoms with Crippen molar-refractivity contribution in [1.82, 2.24) is 4.73 Å². The van der Waals surface area contributed by atoms with Gasteiger partial charge >= 0.3 is 29.6 Å². The first-order chi connectivity index (χ1) is 2.89. The molecule has 0 aliphatic heterocycles. The summed E-state index contributed by atoms with van der Waals surface area (Å²) in [6.07, 6.45) is 3.11. The molecule has 0 aromatic carbocycles. The van der Waals surface area contributed by atoms with Crippen molar-refractivity contribution in [2.24, 2.45) is 0 Å². The molecule has 0 amide bonds. The van der Waals surface area contributed by atoms with Gasteiger partial charge in [0.15, 0.2) is 0 Å². The molecule has 0 saturated heterocycles. The molecule has 0 spiro atoms. The topological polar surface area (TPSA) is 25.2 Å². The molecule has 0 saturated carbocycles. The smallest absolute Gasteiger partial charge is 1.00 e. The SMILES string of the molecule is On1cccc1.[H-].[Na+]. The second-order valence-electron chi connectivity index (χ2n) is 1.06. The Morgan fingerprint density at radius 1 is 1.29 bits per heavy atom. The van der Waals surface area contributed by atoms with Gasteiger partial charge in [0, 0.05) is 12.4 Å². The maximum Gasteiger partial charge on any atom is 1.00 e. The van der Waals surface area contributed by atoms with Crippen LogP contribution in [0.2, 0.25) is 0 Å². The monoisotopic (exact) mass is 107 g/mol. The molecule has 7 heavy (non-hydrogen) atoms. The van der Waals surface area contributed by atoms with Crippen LogP contribution in [0.3, 0.4) is 0 Å². The van der Waals surface area contributed by atoms with Crippen molar-refractivity contribution in [1.29, 1.82) is 0 Å². The molecule has 0 radical (unpaired) electrons. The van der Waals surface area contributed by atoms with E-state index in [2.05, 4.69) is 0 Å². The van der Waals surface area contributed by atoms with Gasteiger partial charge in [0.2, 0.25) is 0 Å². The van der Waals surface area contributed by atoms with Crippen LogP contribution in [-0.2, 0) is 0 Å².